The highest BCUT2D eigenvalue weighted by Crippen LogP contribution is 2.29. The fourth-order valence-electron chi connectivity index (χ4n) is 3.61. The molecule has 114 valence electrons. The van der Waals surface area contributed by atoms with Gasteiger partial charge in [-0.1, -0.05) is 66.7 Å². The Hall–Kier alpha value is -2.61. The van der Waals surface area contributed by atoms with Crippen LogP contribution in [0.1, 0.15) is 16.7 Å². The van der Waals surface area contributed by atoms with Gasteiger partial charge in [0.1, 0.15) is 0 Å². The van der Waals surface area contributed by atoms with Crippen LogP contribution in [0.3, 0.4) is 0 Å². The summed E-state index contributed by atoms with van der Waals surface area (Å²) in [5.41, 5.74) is 3.74. The first-order valence-corrected chi connectivity index (χ1v) is 8.12. The minimum Gasteiger partial charge on any atom is -0.352 e. The van der Waals surface area contributed by atoms with E-state index in [1.807, 2.05) is 30.3 Å². The molecule has 0 aliphatic heterocycles. The summed E-state index contributed by atoms with van der Waals surface area (Å²) in [5, 5.41) is 5.89. The molecule has 1 aliphatic rings. The second-order valence-corrected chi connectivity index (χ2v) is 6.27. The largest absolute Gasteiger partial charge is 0.352 e. The average molecular weight is 301 g/mol. The van der Waals surface area contributed by atoms with Gasteiger partial charge in [-0.05, 0) is 40.3 Å². The molecule has 0 aromatic heterocycles. The molecule has 1 aliphatic carbocycles. The Bertz CT molecular complexity index is 813. The SMILES string of the molecule is O=C(Cc1ccccc1)NC1Cc2cccc3cccc(c23)C1. The van der Waals surface area contributed by atoms with Gasteiger partial charge in [0.05, 0.1) is 6.42 Å². The first-order chi connectivity index (χ1) is 11.3. The van der Waals surface area contributed by atoms with Crippen molar-refractivity contribution in [1.29, 1.82) is 0 Å². The summed E-state index contributed by atoms with van der Waals surface area (Å²) in [7, 11) is 0. The van der Waals surface area contributed by atoms with Gasteiger partial charge in [0, 0.05) is 6.04 Å². The fourth-order valence-corrected chi connectivity index (χ4v) is 3.61. The van der Waals surface area contributed by atoms with Crippen LogP contribution in [0, 0.1) is 0 Å². The van der Waals surface area contributed by atoms with Crippen LogP contribution in [0.5, 0.6) is 0 Å². The fraction of sp³-hybridized carbons (Fsp3) is 0.190. The molecule has 0 fully saturated rings. The molecule has 0 heterocycles. The molecular formula is C21H19NO. The Morgan fingerprint density at radius 2 is 1.52 bits per heavy atom. The number of amides is 1. The van der Waals surface area contributed by atoms with Crippen molar-refractivity contribution in [3.63, 3.8) is 0 Å². The molecule has 2 heteroatoms. The smallest absolute Gasteiger partial charge is 0.224 e. The highest BCUT2D eigenvalue weighted by molar-refractivity contribution is 5.90. The predicted molar refractivity (Wildman–Crippen MR) is 93.4 cm³/mol. The third-order valence-electron chi connectivity index (χ3n) is 4.58. The average Bonchev–Trinajstić information content (AvgIpc) is 2.56. The molecule has 0 unspecified atom stereocenters. The second kappa shape index (κ2) is 5.88. The normalized spacial score (nSPS) is 13.9. The minimum atomic E-state index is 0.104. The van der Waals surface area contributed by atoms with E-state index in [4.69, 9.17) is 0 Å². The first-order valence-electron chi connectivity index (χ1n) is 8.12. The van der Waals surface area contributed by atoms with Crippen LogP contribution in [0.15, 0.2) is 66.7 Å². The molecule has 0 saturated heterocycles. The molecule has 0 atom stereocenters. The molecular weight excluding hydrogens is 282 g/mol. The zero-order valence-corrected chi connectivity index (χ0v) is 13.0. The Balaban J connectivity index is 1.51. The van der Waals surface area contributed by atoms with Crippen LogP contribution < -0.4 is 5.32 Å². The monoisotopic (exact) mass is 301 g/mol. The van der Waals surface area contributed by atoms with Gasteiger partial charge < -0.3 is 5.32 Å². The van der Waals surface area contributed by atoms with Crippen molar-refractivity contribution in [2.24, 2.45) is 0 Å². The van der Waals surface area contributed by atoms with Crippen molar-refractivity contribution in [2.75, 3.05) is 0 Å². The van der Waals surface area contributed by atoms with Crippen molar-refractivity contribution >= 4 is 16.7 Å². The van der Waals surface area contributed by atoms with E-state index in [0.29, 0.717) is 6.42 Å². The van der Waals surface area contributed by atoms with Gasteiger partial charge >= 0.3 is 0 Å². The first kappa shape index (κ1) is 14.0. The summed E-state index contributed by atoms with van der Waals surface area (Å²) in [6.45, 7) is 0. The van der Waals surface area contributed by atoms with Crippen LogP contribution in [0.4, 0.5) is 0 Å². The summed E-state index contributed by atoms with van der Waals surface area (Å²) in [5.74, 6) is 0.104. The highest BCUT2D eigenvalue weighted by Gasteiger charge is 2.21. The lowest BCUT2D eigenvalue weighted by molar-refractivity contribution is -0.121. The lowest BCUT2D eigenvalue weighted by atomic mass is 9.85. The van der Waals surface area contributed by atoms with Gasteiger partial charge in [-0.3, -0.25) is 4.79 Å². The number of carbonyl (C=O) groups excluding carboxylic acids is 1. The summed E-state index contributed by atoms with van der Waals surface area (Å²) >= 11 is 0. The van der Waals surface area contributed by atoms with E-state index in [2.05, 4.69) is 41.7 Å². The quantitative estimate of drug-likeness (QED) is 0.786. The maximum absolute atomic E-state index is 12.3. The number of hydrogen-bond donors (Lipinski definition) is 1. The molecule has 1 amide bonds. The minimum absolute atomic E-state index is 0.104. The summed E-state index contributed by atoms with van der Waals surface area (Å²) in [6, 6.07) is 23.0. The molecule has 4 rings (SSSR count). The maximum Gasteiger partial charge on any atom is 0.224 e. The summed E-state index contributed by atoms with van der Waals surface area (Å²) in [4.78, 5) is 12.3. The molecule has 0 spiro atoms. The van der Waals surface area contributed by atoms with E-state index >= 15 is 0 Å². The molecule has 0 bridgehead atoms. The van der Waals surface area contributed by atoms with E-state index in [-0.39, 0.29) is 11.9 Å². The van der Waals surface area contributed by atoms with E-state index < -0.39 is 0 Å². The van der Waals surface area contributed by atoms with Crippen LogP contribution in [-0.4, -0.2) is 11.9 Å². The van der Waals surface area contributed by atoms with Crippen molar-refractivity contribution in [1.82, 2.24) is 5.32 Å². The molecule has 3 aromatic rings. The molecule has 0 saturated carbocycles. The van der Waals surface area contributed by atoms with Gasteiger partial charge in [0.25, 0.3) is 0 Å². The summed E-state index contributed by atoms with van der Waals surface area (Å²) in [6.07, 6.45) is 2.27. The summed E-state index contributed by atoms with van der Waals surface area (Å²) < 4.78 is 0. The van der Waals surface area contributed by atoms with Gasteiger partial charge in [0.2, 0.25) is 5.91 Å². The van der Waals surface area contributed by atoms with Crippen molar-refractivity contribution in [3.8, 4) is 0 Å². The zero-order chi connectivity index (χ0) is 15.6. The van der Waals surface area contributed by atoms with Crippen LogP contribution in [-0.2, 0) is 24.1 Å². The molecule has 3 aromatic carbocycles. The Morgan fingerprint density at radius 3 is 2.17 bits per heavy atom. The lowest BCUT2D eigenvalue weighted by Gasteiger charge is -2.26. The van der Waals surface area contributed by atoms with Crippen molar-refractivity contribution in [2.45, 2.75) is 25.3 Å². The van der Waals surface area contributed by atoms with Gasteiger partial charge in [0.15, 0.2) is 0 Å². The van der Waals surface area contributed by atoms with E-state index in [9.17, 15) is 4.79 Å². The van der Waals surface area contributed by atoms with Crippen LogP contribution >= 0.6 is 0 Å². The Morgan fingerprint density at radius 1 is 0.870 bits per heavy atom. The van der Waals surface area contributed by atoms with Crippen molar-refractivity contribution in [3.05, 3.63) is 83.4 Å². The Labute approximate surface area is 136 Å². The van der Waals surface area contributed by atoms with Crippen molar-refractivity contribution < 1.29 is 4.79 Å². The van der Waals surface area contributed by atoms with E-state index in [1.165, 1.54) is 21.9 Å². The number of nitrogens with one attached hydrogen (secondary N) is 1. The van der Waals surface area contributed by atoms with Crippen LogP contribution in [0.25, 0.3) is 10.8 Å². The molecule has 0 radical (unpaired) electrons. The molecule has 2 nitrogen and oxygen atoms in total. The highest BCUT2D eigenvalue weighted by atomic mass is 16.1. The maximum atomic E-state index is 12.3. The Kier molecular flexibility index (Phi) is 3.58. The lowest BCUT2D eigenvalue weighted by Crippen LogP contribution is -2.40. The topological polar surface area (TPSA) is 29.1 Å². The van der Waals surface area contributed by atoms with Crippen LogP contribution in [0.2, 0.25) is 0 Å². The second-order valence-electron chi connectivity index (χ2n) is 6.27. The number of hydrogen-bond acceptors (Lipinski definition) is 1. The standard InChI is InChI=1S/C21H19NO/c23-20(12-15-6-2-1-3-7-15)22-19-13-17-10-4-8-16-9-5-11-18(14-19)21(16)17/h1-11,19H,12-14H2,(H,22,23). The van der Waals surface area contributed by atoms with E-state index in [0.717, 1.165) is 18.4 Å². The van der Waals surface area contributed by atoms with E-state index in [1.54, 1.807) is 0 Å². The zero-order valence-electron chi connectivity index (χ0n) is 13.0. The third-order valence-corrected chi connectivity index (χ3v) is 4.58. The number of rotatable bonds is 3. The number of carbonyl (C=O) groups is 1. The van der Waals surface area contributed by atoms with Gasteiger partial charge in [-0.2, -0.15) is 0 Å². The third kappa shape index (κ3) is 2.85. The predicted octanol–water partition coefficient (Wildman–Crippen LogP) is 3.67. The van der Waals surface area contributed by atoms with Gasteiger partial charge in [-0.25, -0.2) is 0 Å². The number of benzene rings is 3. The van der Waals surface area contributed by atoms with Gasteiger partial charge in [-0.15, -0.1) is 0 Å². The molecule has 1 N–H and O–H groups in total. The molecule has 23 heavy (non-hydrogen) atoms.